The predicted octanol–water partition coefficient (Wildman–Crippen LogP) is 8.87. The van der Waals surface area contributed by atoms with Gasteiger partial charge in [-0.05, 0) is 72.3 Å². The van der Waals surface area contributed by atoms with Crippen LogP contribution in [0.3, 0.4) is 0 Å². The highest BCUT2D eigenvalue weighted by molar-refractivity contribution is 7.71. The summed E-state index contributed by atoms with van der Waals surface area (Å²) in [6, 6.07) is 10.5. The molecule has 29 heavy (non-hydrogen) atoms. The van der Waals surface area contributed by atoms with E-state index in [1.165, 1.54) is 44.1 Å². The second-order valence-electron chi connectivity index (χ2n) is 8.88. The molecule has 0 amide bonds. The lowest BCUT2D eigenvalue weighted by atomic mass is 9.79. The highest BCUT2D eigenvalue weighted by Crippen LogP contribution is 2.38. The smallest absolute Gasteiger partial charge is 0.198 e. The molecule has 3 heteroatoms. The Balaban J connectivity index is 1.70. The fourth-order valence-corrected chi connectivity index (χ4v) is 5.06. The Morgan fingerprint density at radius 1 is 0.966 bits per heavy atom. The summed E-state index contributed by atoms with van der Waals surface area (Å²) in [5.74, 6) is 1.19. The molecule has 154 valence electrons. The molecule has 2 aromatic carbocycles. The fraction of sp³-hybridized carbons (Fsp3) is 0.500. The zero-order valence-corrected chi connectivity index (χ0v) is 18.4. The molecule has 4 rings (SSSR count). The van der Waals surface area contributed by atoms with Crippen molar-refractivity contribution in [1.29, 1.82) is 0 Å². The summed E-state index contributed by atoms with van der Waals surface area (Å²) < 4.78 is 21.4. The Kier molecular flexibility index (Phi) is 6.34. The van der Waals surface area contributed by atoms with Crippen LogP contribution in [-0.4, -0.2) is 0 Å². The number of hydrogen-bond donors (Lipinski definition) is 0. The van der Waals surface area contributed by atoms with Crippen molar-refractivity contribution < 1.29 is 8.81 Å². The van der Waals surface area contributed by atoms with Crippen LogP contribution < -0.4 is 0 Å². The van der Waals surface area contributed by atoms with Crippen molar-refractivity contribution in [2.24, 2.45) is 5.92 Å². The Labute approximate surface area is 178 Å². The second kappa shape index (κ2) is 8.95. The van der Waals surface area contributed by atoms with Crippen molar-refractivity contribution in [1.82, 2.24) is 0 Å². The zero-order valence-electron chi connectivity index (χ0n) is 17.6. The van der Waals surface area contributed by atoms with Gasteiger partial charge in [0.15, 0.2) is 16.1 Å². The third kappa shape index (κ3) is 4.26. The first-order chi connectivity index (χ1) is 14.1. The van der Waals surface area contributed by atoms with Gasteiger partial charge in [-0.15, -0.1) is 0 Å². The Hall–Kier alpha value is -1.74. The van der Waals surface area contributed by atoms with Gasteiger partial charge in [-0.1, -0.05) is 70.2 Å². The topological polar surface area (TPSA) is 13.1 Å². The number of unbranched alkanes of at least 4 members (excludes halogenated alkanes) is 3. The number of benzene rings is 2. The highest BCUT2D eigenvalue weighted by atomic mass is 32.1. The summed E-state index contributed by atoms with van der Waals surface area (Å²) >= 11 is 5.55. The molecule has 0 aliphatic heterocycles. The van der Waals surface area contributed by atoms with Gasteiger partial charge < -0.3 is 4.42 Å². The van der Waals surface area contributed by atoms with Gasteiger partial charge >= 0.3 is 0 Å². The molecule has 0 bridgehead atoms. The molecule has 0 atom stereocenters. The van der Waals surface area contributed by atoms with Gasteiger partial charge in [0.2, 0.25) is 0 Å². The maximum absolute atomic E-state index is 15.2. The molecular weight excluding hydrogens is 379 g/mol. The quantitative estimate of drug-likeness (QED) is 0.229. The molecule has 0 radical (unpaired) electrons. The van der Waals surface area contributed by atoms with Crippen LogP contribution in [0.25, 0.3) is 21.7 Å². The standard InChI is InChI=1S/C26H31FOS/c1-3-4-5-6-7-19-12-15-22-21-14-13-20(18-10-8-17(2)9-11-18)16-23(21)26(29)28-25(22)24(19)27/h12-18H,3-11H2,1-2H3. The number of hydrogen-bond acceptors (Lipinski definition) is 2. The average Bonchev–Trinajstić information content (AvgIpc) is 2.73. The largest absolute Gasteiger partial charge is 0.441 e. The summed E-state index contributed by atoms with van der Waals surface area (Å²) in [7, 11) is 0. The number of rotatable bonds is 6. The van der Waals surface area contributed by atoms with E-state index >= 15 is 4.39 Å². The summed E-state index contributed by atoms with van der Waals surface area (Å²) in [5.41, 5.74) is 2.40. The lowest BCUT2D eigenvalue weighted by Gasteiger charge is -2.26. The third-order valence-electron chi connectivity index (χ3n) is 6.71. The van der Waals surface area contributed by atoms with Crippen molar-refractivity contribution in [2.75, 3.05) is 0 Å². The molecule has 1 fully saturated rings. The fourth-order valence-electron chi connectivity index (χ4n) is 4.80. The maximum Gasteiger partial charge on any atom is 0.198 e. The Morgan fingerprint density at radius 2 is 1.72 bits per heavy atom. The van der Waals surface area contributed by atoms with Crippen molar-refractivity contribution in [3.63, 3.8) is 0 Å². The first kappa shape index (κ1) is 20.5. The summed E-state index contributed by atoms with van der Waals surface area (Å²) in [6.45, 7) is 4.53. The minimum Gasteiger partial charge on any atom is -0.441 e. The van der Waals surface area contributed by atoms with Crippen molar-refractivity contribution in [2.45, 2.75) is 77.6 Å². The van der Waals surface area contributed by atoms with Crippen molar-refractivity contribution in [3.8, 4) is 0 Å². The first-order valence-corrected chi connectivity index (χ1v) is 11.7. The molecule has 0 unspecified atom stereocenters. The van der Waals surface area contributed by atoms with E-state index in [2.05, 4.69) is 32.0 Å². The van der Waals surface area contributed by atoms with Crippen molar-refractivity contribution >= 4 is 34.0 Å². The molecule has 0 saturated heterocycles. The molecule has 1 saturated carbocycles. The molecule has 3 aromatic rings. The van der Waals surface area contributed by atoms with E-state index in [0.29, 0.717) is 16.2 Å². The number of aryl methyl sites for hydroxylation is 1. The van der Waals surface area contributed by atoms with Crippen LogP contribution in [0.15, 0.2) is 34.7 Å². The van der Waals surface area contributed by atoms with E-state index in [1.54, 1.807) is 0 Å². The van der Waals surface area contributed by atoms with E-state index in [9.17, 15) is 0 Å². The molecule has 1 nitrogen and oxygen atoms in total. The van der Waals surface area contributed by atoms with Crippen LogP contribution in [-0.2, 0) is 6.42 Å². The van der Waals surface area contributed by atoms with Crippen LogP contribution in [0.1, 0.15) is 82.3 Å². The van der Waals surface area contributed by atoms with Gasteiger partial charge in [-0.3, -0.25) is 0 Å². The molecule has 0 spiro atoms. The van der Waals surface area contributed by atoms with Crippen LogP contribution in [0.4, 0.5) is 4.39 Å². The molecular formula is C26H31FOS. The molecule has 1 aromatic heterocycles. The summed E-state index contributed by atoms with van der Waals surface area (Å²) in [4.78, 5) is 0. The predicted molar refractivity (Wildman–Crippen MR) is 123 cm³/mol. The van der Waals surface area contributed by atoms with Gasteiger partial charge in [0.25, 0.3) is 0 Å². The molecule has 1 aliphatic rings. The van der Waals surface area contributed by atoms with Crippen LogP contribution in [0.5, 0.6) is 0 Å². The number of halogens is 1. The SMILES string of the molecule is CCCCCCc1ccc2c(oc(=S)c3cc(C4CCC(C)CC4)ccc32)c1F. The number of fused-ring (bicyclic) bond motifs is 3. The van der Waals surface area contributed by atoms with Crippen LogP contribution in [0.2, 0.25) is 0 Å². The van der Waals surface area contributed by atoms with Crippen LogP contribution >= 0.6 is 12.2 Å². The van der Waals surface area contributed by atoms with Gasteiger partial charge in [-0.25, -0.2) is 4.39 Å². The molecule has 1 aliphatic carbocycles. The average molecular weight is 411 g/mol. The van der Waals surface area contributed by atoms with E-state index < -0.39 is 0 Å². The van der Waals surface area contributed by atoms with E-state index in [4.69, 9.17) is 16.6 Å². The minimum absolute atomic E-state index is 0.239. The first-order valence-electron chi connectivity index (χ1n) is 11.3. The lowest BCUT2D eigenvalue weighted by molar-refractivity contribution is 0.348. The lowest BCUT2D eigenvalue weighted by Crippen LogP contribution is -2.10. The van der Waals surface area contributed by atoms with Crippen LogP contribution in [0, 0.1) is 16.4 Å². The Morgan fingerprint density at radius 3 is 2.48 bits per heavy atom. The molecule has 0 N–H and O–H groups in total. The maximum atomic E-state index is 15.2. The Bertz CT molecular complexity index is 1060. The van der Waals surface area contributed by atoms with Gasteiger partial charge in [-0.2, -0.15) is 0 Å². The van der Waals surface area contributed by atoms with E-state index in [1.807, 2.05) is 12.1 Å². The van der Waals surface area contributed by atoms with Gasteiger partial charge in [0.1, 0.15) is 0 Å². The van der Waals surface area contributed by atoms with Crippen molar-refractivity contribution in [3.05, 3.63) is 52.0 Å². The second-order valence-corrected chi connectivity index (χ2v) is 9.25. The van der Waals surface area contributed by atoms with E-state index in [-0.39, 0.29) is 5.82 Å². The van der Waals surface area contributed by atoms with E-state index in [0.717, 1.165) is 46.9 Å². The zero-order chi connectivity index (χ0) is 20.4. The minimum atomic E-state index is -0.239. The third-order valence-corrected chi connectivity index (χ3v) is 7.02. The normalized spacial score (nSPS) is 19.8. The molecule has 1 heterocycles. The van der Waals surface area contributed by atoms with Gasteiger partial charge in [0, 0.05) is 10.8 Å². The summed E-state index contributed by atoms with van der Waals surface area (Å²) in [5, 5.41) is 2.77. The highest BCUT2D eigenvalue weighted by Gasteiger charge is 2.21. The summed E-state index contributed by atoms with van der Waals surface area (Å²) in [6.07, 6.45) is 10.3. The van der Waals surface area contributed by atoms with Gasteiger partial charge in [0.05, 0.1) is 0 Å². The monoisotopic (exact) mass is 410 g/mol.